The minimum absolute atomic E-state index is 0.0719. The highest BCUT2D eigenvalue weighted by Crippen LogP contribution is 2.66. The molecule has 1 unspecified atom stereocenters. The molecule has 0 spiro atoms. The van der Waals surface area contributed by atoms with Crippen molar-refractivity contribution in [3.8, 4) is 0 Å². The van der Waals surface area contributed by atoms with Crippen LogP contribution in [0.1, 0.15) is 94.7 Å². The van der Waals surface area contributed by atoms with E-state index in [4.69, 9.17) is 0 Å². The van der Waals surface area contributed by atoms with Crippen molar-refractivity contribution in [2.45, 2.75) is 97.0 Å². The fourth-order valence-corrected chi connectivity index (χ4v) is 12.3. The number of Topliss-reactive ketones (excluding diaryl/α,β-unsaturated/α-hetero) is 1. The standard InChI is InChI=1S/C35H46OP2/c1-24-14-10-12-16-28(24)35(37,29-17-13-11-15-25(29)2)30-20-26(21-32(3,4)5)18-19-31(30)38-33(6,7)22-27(36)23-34(38,8)9/h10-20H,21-23,37H2,1-9H3. The Morgan fingerprint density at radius 1 is 0.763 bits per heavy atom. The Bertz CT molecular complexity index is 1280. The van der Waals surface area contributed by atoms with E-state index in [2.05, 4.69) is 138 Å². The first-order valence-electron chi connectivity index (χ1n) is 13.9. The van der Waals surface area contributed by atoms with Crippen LogP contribution in [0.25, 0.3) is 0 Å². The van der Waals surface area contributed by atoms with Gasteiger partial charge in [0.25, 0.3) is 0 Å². The van der Waals surface area contributed by atoms with E-state index in [1.165, 1.54) is 38.7 Å². The maximum absolute atomic E-state index is 12.9. The Labute approximate surface area is 235 Å². The van der Waals surface area contributed by atoms with Gasteiger partial charge in [-0.3, -0.25) is 4.79 Å². The lowest BCUT2D eigenvalue weighted by Crippen LogP contribution is -2.45. The summed E-state index contributed by atoms with van der Waals surface area (Å²) < 4.78 is 0. The lowest BCUT2D eigenvalue weighted by Gasteiger charge is -2.51. The lowest BCUT2D eigenvalue weighted by atomic mass is 9.78. The SMILES string of the molecule is Cc1ccccc1C(P)(c1ccccc1C)c1cc(CC(C)(C)C)ccc1P1C(C)(C)CC(=O)CC1(C)C. The second-order valence-corrected chi connectivity index (χ2v) is 18.3. The summed E-state index contributed by atoms with van der Waals surface area (Å²) in [6.45, 7) is 20.8. The molecule has 1 heterocycles. The smallest absolute Gasteiger partial charge is 0.134 e. The fourth-order valence-electron chi connectivity index (χ4n) is 6.94. The first-order chi connectivity index (χ1) is 17.6. The third-order valence-electron chi connectivity index (χ3n) is 8.07. The molecule has 1 atom stereocenters. The number of ketones is 1. The molecule has 0 aromatic heterocycles. The van der Waals surface area contributed by atoms with Crippen LogP contribution in [0.5, 0.6) is 0 Å². The number of carbonyl (C=O) groups excluding carboxylic acids is 1. The molecule has 0 bridgehead atoms. The number of carbonyl (C=O) groups is 1. The summed E-state index contributed by atoms with van der Waals surface area (Å²) >= 11 is 0. The Morgan fingerprint density at radius 3 is 1.68 bits per heavy atom. The summed E-state index contributed by atoms with van der Waals surface area (Å²) in [7, 11) is 2.70. The summed E-state index contributed by atoms with van der Waals surface area (Å²) in [6, 6.07) is 25.1. The summed E-state index contributed by atoms with van der Waals surface area (Å²) in [6.07, 6.45) is 2.33. The summed E-state index contributed by atoms with van der Waals surface area (Å²) in [5.74, 6) is 0.402. The van der Waals surface area contributed by atoms with Crippen LogP contribution >= 0.6 is 17.2 Å². The molecule has 0 aliphatic carbocycles. The van der Waals surface area contributed by atoms with Crippen molar-refractivity contribution < 1.29 is 4.79 Å². The lowest BCUT2D eigenvalue weighted by molar-refractivity contribution is -0.120. The average molecular weight is 545 g/mol. The van der Waals surface area contributed by atoms with Crippen LogP contribution in [0.3, 0.4) is 0 Å². The van der Waals surface area contributed by atoms with E-state index in [1.807, 2.05) is 0 Å². The molecule has 0 radical (unpaired) electrons. The van der Waals surface area contributed by atoms with Crippen molar-refractivity contribution in [2.24, 2.45) is 5.41 Å². The molecule has 1 aliphatic heterocycles. The monoisotopic (exact) mass is 544 g/mol. The van der Waals surface area contributed by atoms with E-state index < -0.39 is 13.1 Å². The van der Waals surface area contributed by atoms with Gasteiger partial charge in [0.2, 0.25) is 0 Å². The van der Waals surface area contributed by atoms with Crippen LogP contribution in [0, 0.1) is 19.3 Å². The molecule has 0 saturated carbocycles. The Morgan fingerprint density at radius 2 is 1.24 bits per heavy atom. The second kappa shape index (κ2) is 10.3. The molecule has 3 aromatic carbocycles. The molecule has 1 saturated heterocycles. The van der Waals surface area contributed by atoms with Gasteiger partial charge < -0.3 is 0 Å². The van der Waals surface area contributed by atoms with Crippen LogP contribution in [-0.4, -0.2) is 16.1 Å². The van der Waals surface area contributed by atoms with Crippen molar-refractivity contribution in [1.82, 2.24) is 0 Å². The van der Waals surface area contributed by atoms with Crippen molar-refractivity contribution in [2.75, 3.05) is 0 Å². The van der Waals surface area contributed by atoms with Crippen molar-refractivity contribution in [1.29, 1.82) is 0 Å². The maximum atomic E-state index is 12.9. The number of rotatable bonds is 5. The van der Waals surface area contributed by atoms with E-state index in [0.717, 1.165) is 6.42 Å². The Balaban J connectivity index is 2.12. The van der Waals surface area contributed by atoms with E-state index in [9.17, 15) is 4.79 Å². The summed E-state index contributed by atoms with van der Waals surface area (Å²) in [5.41, 5.74) is 8.19. The number of benzene rings is 3. The van der Waals surface area contributed by atoms with Gasteiger partial charge in [-0.2, -0.15) is 0 Å². The normalized spacial score (nSPS) is 18.0. The maximum Gasteiger partial charge on any atom is 0.134 e. The quantitative estimate of drug-likeness (QED) is 0.231. The predicted molar refractivity (Wildman–Crippen MR) is 171 cm³/mol. The first-order valence-corrected chi connectivity index (χ1v) is 15.8. The Hall–Kier alpha value is -1.81. The second-order valence-electron chi connectivity index (χ2n) is 13.9. The number of hydrogen-bond donors (Lipinski definition) is 0. The van der Waals surface area contributed by atoms with Crippen LogP contribution in [0.15, 0.2) is 66.7 Å². The molecule has 202 valence electrons. The van der Waals surface area contributed by atoms with Crippen molar-refractivity contribution >= 4 is 28.2 Å². The molecule has 3 heteroatoms. The third kappa shape index (κ3) is 5.58. The van der Waals surface area contributed by atoms with Crippen LogP contribution in [-0.2, 0) is 16.4 Å². The Kier molecular flexibility index (Phi) is 7.91. The molecular weight excluding hydrogens is 498 g/mol. The minimum atomic E-state index is -0.645. The zero-order valence-electron chi connectivity index (χ0n) is 24.9. The highest BCUT2D eigenvalue weighted by molar-refractivity contribution is 7.69. The van der Waals surface area contributed by atoms with Gasteiger partial charge in [-0.1, -0.05) is 123 Å². The van der Waals surface area contributed by atoms with Gasteiger partial charge in [-0.05, 0) is 74.7 Å². The van der Waals surface area contributed by atoms with Gasteiger partial charge in [-0.15, -0.1) is 9.24 Å². The molecule has 4 rings (SSSR count). The zero-order valence-corrected chi connectivity index (χ0v) is 27.0. The average Bonchev–Trinajstić information content (AvgIpc) is 2.77. The fraction of sp³-hybridized carbons (Fsp3) is 0.457. The van der Waals surface area contributed by atoms with E-state index >= 15 is 0 Å². The largest absolute Gasteiger partial charge is 0.300 e. The molecule has 38 heavy (non-hydrogen) atoms. The molecule has 3 aromatic rings. The highest BCUT2D eigenvalue weighted by Gasteiger charge is 2.50. The van der Waals surface area contributed by atoms with Gasteiger partial charge in [0, 0.05) is 12.8 Å². The molecule has 1 fully saturated rings. The molecule has 1 nitrogen and oxygen atoms in total. The zero-order chi connectivity index (χ0) is 28.1. The van der Waals surface area contributed by atoms with Gasteiger partial charge in [-0.25, -0.2) is 0 Å². The van der Waals surface area contributed by atoms with E-state index in [-0.39, 0.29) is 15.7 Å². The molecule has 1 aliphatic rings. The van der Waals surface area contributed by atoms with Crippen molar-refractivity contribution in [3.63, 3.8) is 0 Å². The van der Waals surface area contributed by atoms with Crippen molar-refractivity contribution in [3.05, 3.63) is 100 Å². The van der Waals surface area contributed by atoms with E-state index in [0.29, 0.717) is 18.6 Å². The van der Waals surface area contributed by atoms with Gasteiger partial charge >= 0.3 is 0 Å². The van der Waals surface area contributed by atoms with Gasteiger partial charge in [0.05, 0.1) is 5.16 Å². The summed E-state index contributed by atoms with van der Waals surface area (Å²) in [5, 5.41) is 0.895. The first kappa shape index (κ1) is 29.2. The van der Waals surface area contributed by atoms with Crippen LogP contribution in [0.2, 0.25) is 0 Å². The minimum Gasteiger partial charge on any atom is -0.300 e. The van der Waals surface area contributed by atoms with Gasteiger partial charge in [0.15, 0.2) is 0 Å². The summed E-state index contributed by atoms with van der Waals surface area (Å²) in [4.78, 5) is 12.9. The predicted octanol–water partition coefficient (Wildman–Crippen LogP) is 9.09. The molecule has 0 N–H and O–H groups in total. The van der Waals surface area contributed by atoms with Crippen LogP contribution in [0.4, 0.5) is 0 Å². The third-order valence-corrected chi connectivity index (χ3v) is 12.6. The molecule has 0 amide bonds. The number of aryl methyl sites for hydroxylation is 2. The molecular formula is C35H46OP2. The van der Waals surface area contributed by atoms with Crippen LogP contribution < -0.4 is 5.30 Å². The van der Waals surface area contributed by atoms with Gasteiger partial charge in [0.1, 0.15) is 5.78 Å². The van der Waals surface area contributed by atoms with E-state index in [1.54, 1.807) is 0 Å². The highest BCUT2D eigenvalue weighted by atomic mass is 31.1. The topological polar surface area (TPSA) is 17.1 Å². The number of hydrogen-bond acceptors (Lipinski definition) is 1.